The summed E-state index contributed by atoms with van der Waals surface area (Å²) in [6, 6.07) is 13.3. The van der Waals surface area contributed by atoms with Crippen molar-refractivity contribution in [1.82, 2.24) is 0 Å². The van der Waals surface area contributed by atoms with E-state index >= 15 is 0 Å². The third-order valence-corrected chi connectivity index (χ3v) is 4.33. The minimum atomic E-state index is -0.825. The molecular weight excluding hydrogens is 424 g/mol. The monoisotopic (exact) mass is 436 g/mol. The summed E-state index contributed by atoms with van der Waals surface area (Å²) in [6.07, 6.45) is -0.825. The lowest BCUT2D eigenvalue weighted by Gasteiger charge is -2.14. The molecular formula is C19H14BrClO5. The van der Waals surface area contributed by atoms with Crippen LogP contribution in [0.2, 0.25) is 5.02 Å². The van der Waals surface area contributed by atoms with Gasteiger partial charge < -0.3 is 13.9 Å². The Kier molecular flexibility index (Phi) is 5.64. The van der Waals surface area contributed by atoms with Crippen molar-refractivity contribution in [2.45, 2.75) is 19.6 Å². The van der Waals surface area contributed by atoms with Crippen LogP contribution in [0, 0.1) is 0 Å². The summed E-state index contributed by atoms with van der Waals surface area (Å²) >= 11 is 9.22. The molecule has 0 aliphatic carbocycles. The van der Waals surface area contributed by atoms with E-state index in [0.29, 0.717) is 27.3 Å². The van der Waals surface area contributed by atoms with Gasteiger partial charge in [-0.1, -0.05) is 33.6 Å². The fourth-order valence-electron chi connectivity index (χ4n) is 2.38. The smallest absolute Gasteiger partial charge is 0.347 e. The molecule has 5 nitrogen and oxygen atoms in total. The molecule has 3 aromatic rings. The van der Waals surface area contributed by atoms with Crippen LogP contribution in [0.5, 0.6) is 5.75 Å². The van der Waals surface area contributed by atoms with E-state index in [9.17, 15) is 9.59 Å². The number of ether oxygens (including phenoxy) is 2. The zero-order valence-electron chi connectivity index (χ0n) is 13.7. The van der Waals surface area contributed by atoms with Crippen LogP contribution < -0.4 is 10.4 Å². The molecule has 0 aliphatic heterocycles. The average molecular weight is 438 g/mol. The largest absolute Gasteiger partial charge is 0.479 e. The first kappa shape index (κ1) is 18.5. The molecule has 1 atom stereocenters. The quantitative estimate of drug-likeness (QED) is 0.427. The zero-order chi connectivity index (χ0) is 18.7. The molecule has 0 amide bonds. The molecule has 0 aliphatic rings. The number of halogens is 2. The van der Waals surface area contributed by atoms with Crippen molar-refractivity contribution in [3.8, 4) is 5.75 Å². The third-order valence-electron chi connectivity index (χ3n) is 3.60. The van der Waals surface area contributed by atoms with Crippen LogP contribution in [0.1, 0.15) is 12.5 Å². The highest BCUT2D eigenvalue weighted by Gasteiger charge is 2.17. The van der Waals surface area contributed by atoms with Crippen LogP contribution in [-0.2, 0) is 16.1 Å². The van der Waals surface area contributed by atoms with Crippen LogP contribution in [0.4, 0.5) is 0 Å². The third kappa shape index (κ3) is 4.45. The number of carbonyl (C=O) groups excluding carboxylic acids is 1. The van der Waals surface area contributed by atoms with Crippen LogP contribution in [0.15, 0.2) is 62.2 Å². The molecule has 26 heavy (non-hydrogen) atoms. The fourth-order valence-corrected chi connectivity index (χ4v) is 2.90. The Balaban J connectivity index is 1.71. The van der Waals surface area contributed by atoms with Crippen molar-refractivity contribution in [1.29, 1.82) is 0 Å². The standard InChI is InChI=1S/C19H14BrClO5/c1-11(25-15-4-2-3-14(21)9-15)19(23)24-10-12-7-18(22)26-17-8-13(20)5-6-16(12)17/h2-9,11H,10H2,1H3. The molecule has 0 spiro atoms. The van der Waals surface area contributed by atoms with E-state index < -0.39 is 17.7 Å². The van der Waals surface area contributed by atoms with E-state index in [2.05, 4.69) is 15.9 Å². The van der Waals surface area contributed by atoms with E-state index in [-0.39, 0.29) is 6.61 Å². The number of fused-ring (bicyclic) bond motifs is 1. The topological polar surface area (TPSA) is 65.7 Å². The maximum absolute atomic E-state index is 12.2. The van der Waals surface area contributed by atoms with Crippen LogP contribution in [-0.4, -0.2) is 12.1 Å². The van der Waals surface area contributed by atoms with E-state index in [4.69, 9.17) is 25.5 Å². The Morgan fingerprint density at radius 1 is 1.23 bits per heavy atom. The molecule has 0 fully saturated rings. The molecule has 1 aromatic heterocycles. The lowest BCUT2D eigenvalue weighted by atomic mass is 10.1. The number of hydrogen-bond acceptors (Lipinski definition) is 5. The number of esters is 1. The molecule has 7 heteroatoms. The lowest BCUT2D eigenvalue weighted by molar-refractivity contribution is -0.152. The highest BCUT2D eigenvalue weighted by atomic mass is 79.9. The van der Waals surface area contributed by atoms with Gasteiger partial charge in [0.05, 0.1) is 0 Å². The molecule has 0 bridgehead atoms. The van der Waals surface area contributed by atoms with Gasteiger partial charge in [-0.3, -0.25) is 0 Å². The van der Waals surface area contributed by atoms with Gasteiger partial charge in [0, 0.05) is 26.5 Å². The molecule has 0 radical (unpaired) electrons. The van der Waals surface area contributed by atoms with Crippen molar-refractivity contribution >= 4 is 44.5 Å². The van der Waals surface area contributed by atoms with Crippen molar-refractivity contribution in [3.63, 3.8) is 0 Å². The normalized spacial score (nSPS) is 12.0. The minimum absolute atomic E-state index is 0.0637. The second-order valence-corrected chi connectivity index (χ2v) is 6.91. The van der Waals surface area contributed by atoms with Gasteiger partial charge in [-0.2, -0.15) is 0 Å². The summed E-state index contributed by atoms with van der Waals surface area (Å²) in [4.78, 5) is 23.9. The van der Waals surface area contributed by atoms with Gasteiger partial charge in [-0.15, -0.1) is 0 Å². The second kappa shape index (κ2) is 7.93. The van der Waals surface area contributed by atoms with Gasteiger partial charge in [0.2, 0.25) is 0 Å². The zero-order valence-corrected chi connectivity index (χ0v) is 16.0. The SMILES string of the molecule is CC(Oc1cccc(Cl)c1)C(=O)OCc1cc(=O)oc2cc(Br)ccc12. The van der Waals surface area contributed by atoms with Crippen LogP contribution in [0.25, 0.3) is 11.0 Å². The van der Waals surface area contributed by atoms with Gasteiger partial charge in [0.25, 0.3) is 0 Å². The predicted molar refractivity (Wildman–Crippen MR) is 102 cm³/mol. The highest BCUT2D eigenvalue weighted by molar-refractivity contribution is 9.10. The lowest BCUT2D eigenvalue weighted by Crippen LogP contribution is -2.26. The molecule has 0 N–H and O–H groups in total. The summed E-state index contributed by atoms with van der Waals surface area (Å²) in [7, 11) is 0. The maximum atomic E-state index is 12.2. The van der Waals surface area contributed by atoms with E-state index in [0.717, 1.165) is 4.47 Å². The molecule has 134 valence electrons. The first-order chi connectivity index (χ1) is 12.4. The van der Waals surface area contributed by atoms with Gasteiger partial charge in [-0.25, -0.2) is 9.59 Å². The number of rotatable bonds is 5. The number of hydrogen-bond donors (Lipinski definition) is 0. The predicted octanol–water partition coefficient (Wildman–Crippen LogP) is 4.72. The minimum Gasteiger partial charge on any atom is -0.479 e. The average Bonchev–Trinajstić information content (AvgIpc) is 2.58. The molecule has 2 aromatic carbocycles. The van der Waals surface area contributed by atoms with Crippen molar-refractivity contribution in [3.05, 3.63) is 74.0 Å². The first-order valence-electron chi connectivity index (χ1n) is 7.73. The fraction of sp³-hybridized carbons (Fsp3) is 0.158. The summed E-state index contributed by atoms with van der Waals surface area (Å²) in [5.74, 6) is -0.0823. The van der Waals surface area contributed by atoms with Gasteiger partial charge >= 0.3 is 11.6 Å². The maximum Gasteiger partial charge on any atom is 0.347 e. The molecule has 0 saturated heterocycles. The Morgan fingerprint density at radius 2 is 2.04 bits per heavy atom. The molecule has 1 heterocycles. The Hall–Kier alpha value is -2.31. The first-order valence-corrected chi connectivity index (χ1v) is 8.90. The van der Waals surface area contributed by atoms with Gasteiger partial charge in [0.1, 0.15) is 17.9 Å². The highest BCUT2D eigenvalue weighted by Crippen LogP contribution is 2.23. The van der Waals surface area contributed by atoms with E-state index in [1.54, 1.807) is 43.3 Å². The Labute approximate surface area is 162 Å². The molecule has 0 saturated carbocycles. The van der Waals surface area contributed by atoms with Crippen molar-refractivity contribution in [2.75, 3.05) is 0 Å². The van der Waals surface area contributed by atoms with Crippen molar-refractivity contribution in [2.24, 2.45) is 0 Å². The Bertz CT molecular complexity index is 1010. The summed E-state index contributed by atoms with van der Waals surface area (Å²) in [5.41, 5.74) is 0.470. The van der Waals surface area contributed by atoms with Gasteiger partial charge in [0.15, 0.2) is 6.10 Å². The molecule has 1 unspecified atom stereocenters. The Morgan fingerprint density at radius 3 is 2.81 bits per heavy atom. The summed E-state index contributed by atoms with van der Waals surface area (Å²) < 4.78 is 16.8. The summed E-state index contributed by atoms with van der Waals surface area (Å²) in [6.45, 7) is 1.52. The summed E-state index contributed by atoms with van der Waals surface area (Å²) in [5, 5.41) is 1.21. The second-order valence-electron chi connectivity index (χ2n) is 5.56. The van der Waals surface area contributed by atoms with Gasteiger partial charge in [-0.05, 0) is 43.3 Å². The number of carbonyl (C=O) groups is 1. The molecule has 3 rings (SSSR count). The van der Waals surface area contributed by atoms with Crippen LogP contribution in [0.3, 0.4) is 0 Å². The van der Waals surface area contributed by atoms with E-state index in [1.807, 2.05) is 6.07 Å². The van der Waals surface area contributed by atoms with Crippen molar-refractivity contribution < 1.29 is 18.7 Å². The number of benzene rings is 2. The van der Waals surface area contributed by atoms with Crippen LogP contribution >= 0.6 is 27.5 Å². The van der Waals surface area contributed by atoms with E-state index in [1.165, 1.54) is 6.07 Å².